The minimum atomic E-state index is -0.00162. The van der Waals surface area contributed by atoms with Gasteiger partial charge in [0, 0.05) is 41.9 Å². The number of furan rings is 1. The van der Waals surface area contributed by atoms with Gasteiger partial charge in [0.05, 0.1) is 25.2 Å². The van der Waals surface area contributed by atoms with Crippen LogP contribution in [0.15, 0.2) is 59.1 Å². The van der Waals surface area contributed by atoms with Crippen molar-refractivity contribution < 1.29 is 18.7 Å². The molecule has 2 aromatic heterocycles. The van der Waals surface area contributed by atoms with E-state index in [0.29, 0.717) is 42.3 Å². The summed E-state index contributed by atoms with van der Waals surface area (Å²) < 4.78 is 17.7. The van der Waals surface area contributed by atoms with Crippen molar-refractivity contribution in [2.45, 2.75) is 25.4 Å². The summed E-state index contributed by atoms with van der Waals surface area (Å²) in [6, 6.07) is 17.5. The van der Waals surface area contributed by atoms with E-state index in [-0.39, 0.29) is 12.0 Å². The molecular formula is C27H21N3O4. The van der Waals surface area contributed by atoms with Crippen molar-refractivity contribution >= 4 is 22.7 Å². The van der Waals surface area contributed by atoms with Crippen LogP contribution in [0.2, 0.25) is 0 Å². The molecule has 6 rings (SSSR count). The Hall–Kier alpha value is -4.15. The second-order valence-electron chi connectivity index (χ2n) is 8.53. The highest BCUT2D eigenvalue weighted by molar-refractivity contribution is 6.00. The molecular weight excluding hydrogens is 430 g/mol. The molecule has 2 aromatic carbocycles. The third-order valence-electron chi connectivity index (χ3n) is 6.30. The maximum atomic E-state index is 11.7. The van der Waals surface area contributed by atoms with Crippen molar-refractivity contribution in [2.24, 2.45) is 0 Å². The first-order valence-electron chi connectivity index (χ1n) is 11.3. The van der Waals surface area contributed by atoms with E-state index < -0.39 is 0 Å². The van der Waals surface area contributed by atoms with Gasteiger partial charge in [0.15, 0.2) is 5.58 Å². The van der Waals surface area contributed by atoms with Crippen molar-refractivity contribution in [3.63, 3.8) is 0 Å². The summed E-state index contributed by atoms with van der Waals surface area (Å²) in [6.45, 7) is 1.36. The van der Waals surface area contributed by atoms with E-state index in [2.05, 4.69) is 16.4 Å². The molecule has 0 spiro atoms. The number of pyridine rings is 1. The van der Waals surface area contributed by atoms with Gasteiger partial charge in [0.25, 0.3) is 0 Å². The van der Waals surface area contributed by atoms with Crippen LogP contribution in [0, 0.1) is 11.3 Å². The number of ether oxygens (including phenoxy) is 2. The minimum absolute atomic E-state index is 0.00162. The number of rotatable bonds is 4. The summed E-state index contributed by atoms with van der Waals surface area (Å²) in [4.78, 5) is 16.2. The molecule has 2 aliphatic rings. The van der Waals surface area contributed by atoms with Crippen LogP contribution >= 0.6 is 0 Å². The molecule has 0 aliphatic carbocycles. The van der Waals surface area contributed by atoms with Crippen LogP contribution in [0.3, 0.4) is 0 Å². The van der Waals surface area contributed by atoms with E-state index in [4.69, 9.17) is 13.9 Å². The fourth-order valence-corrected chi connectivity index (χ4v) is 4.55. The molecule has 1 N–H and O–H groups in total. The number of fused-ring (bicyclic) bond motifs is 2. The van der Waals surface area contributed by atoms with Crippen LogP contribution in [-0.4, -0.2) is 30.2 Å². The molecule has 4 heterocycles. The number of benzene rings is 2. The summed E-state index contributed by atoms with van der Waals surface area (Å²) in [6.07, 6.45) is 3.80. The second kappa shape index (κ2) is 8.32. The predicted octanol–water partition coefficient (Wildman–Crippen LogP) is 5.09. The standard InChI is InChI=1S/C27H21N3O4/c28-15-19-11-16(2-4-24(19)33-20-6-9-32-10-7-20)21-5-8-29-23-14-25(34-27(21)23)17-1-3-22-18(12-17)13-26(31)30-22/h1-5,8,11-12,14,20H,6-7,9-10,13H2,(H,30,31). The molecule has 0 radical (unpaired) electrons. The van der Waals surface area contributed by atoms with E-state index in [1.165, 1.54) is 0 Å². The zero-order valence-electron chi connectivity index (χ0n) is 18.3. The Labute approximate surface area is 195 Å². The minimum Gasteiger partial charge on any atom is -0.489 e. The SMILES string of the molecule is N#Cc1cc(-c2ccnc3cc(-c4ccc5c(c4)CC(=O)N5)oc23)ccc1OC1CCOCC1. The first kappa shape index (κ1) is 20.5. The number of hydrogen-bond donors (Lipinski definition) is 1. The summed E-state index contributed by atoms with van der Waals surface area (Å²) in [5.41, 5.74) is 6.24. The normalized spacial score (nSPS) is 15.7. The maximum absolute atomic E-state index is 11.7. The molecule has 4 aromatic rings. The highest BCUT2D eigenvalue weighted by atomic mass is 16.5. The van der Waals surface area contributed by atoms with Gasteiger partial charge in [0.2, 0.25) is 5.91 Å². The Kier molecular flexibility index (Phi) is 5.01. The Morgan fingerprint density at radius 3 is 2.76 bits per heavy atom. The summed E-state index contributed by atoms with van der Waals surface area (Å²) in [5, 5.41) is 12.6. The Balaban J connectivity index is 1.35. The maximum Gasteiger partial charge on any atom is 0.228 e. The summed E-state index contributed by atoms with van der Waals surface area (Å²) in [5.74, 6) is 1.26. The fraction of sp³-hybridized carbons (Fsp3) is 0.222. The van der Waals surface area contributed by atoms with Gasteiger partial charge in [-0.15, -0.1) is 0 Å². The molecule has 0 saturated carbocycles. The summed E-state index contributed by atoms with van der Waals surface area (Å²) >= 11 is 0. The van der Waals surface area contributed by atoms with Gasteiger partial charge in [-0.1, -0.05) is 6.07 Å². The number of anilines is 1. The number of nitrogens with one attached hydrogen (secondary N) is 1. The third kappa shape index (κ3) is 3.68. The zero-order chi connectivity index (χ0) is 23.1. The molecule has 0 atom stereocenters. The van der Waals surface area contributed by atoms with Gasteiger partial charge in [-0.05, 0) is 47.5 Å². The zero-order valence-corrected chi connectivity index (χ0v) is 18.3. The summed E-state index contributed by atoms with van der Waals surface area (Å²) in [7, 11) is 0. The second-order valence-corrected chi connectivity index (χ2v) is 8.53. The molecule has 7 nitrogen and oxygen atoms in total. The van der Waals surface area contributed by atoms with Crippen LogP contribution in [0.1, 0.15) is 24.0 Å². The molecule has 1 amide bonds. The van der Waals surface area contributed by atoms with E-state index in [1.54, 1.807) is 6.20 Å². The van der Waals surface area contributed by atoms with Crippen molar-refractivity contribution in [1.29, 1.82) is 5.26 Å². The number of aromatic nitrogens is 1. The van der Waals surface area contributed by atoms with E-state index >= 15 is 0 Å². The van der Waals surface area contributed by atoms with Crippen molar-refractivity contribution in [1.82, 2.24) is 4.98 Å². The van der Waals surface area contributed by atoms with Crippen molar-refractivity contribution in [2.75, 3.05) is 18.5 Å². The van der Waals surface area contributed by atoms with Crippen LogP contribution in [-0.2, 0) is 16.0 Å². The topological polar surface area (TPSA) is 97.4 Å². The van der Waals surface area contributed by atoms with Crippen LogP contribution in [0.5, 0.6) is 5.75 Å². The van der Waals surface area contributed by atoms with Gasteiger partial charge in [-0.25, -0.2) is 0 Å². The number of nitriles is 1. The van der Waals surface area contributed by atoms with Gasteiger partial charge in [0.1, 0.15) is 29.2 Å². The number of hydrogen-bond acceptors (Lipinski definition) is 6. The smallest absolute Gasteiger partial charge is 0.228 e. The first-order chi connectivity index (χ1) is 16.7. The largest absolute Gasteiger partial charge is 0.489 e. The molecule has 1 saturated heterocycles. The molecule has 2 aliphatic heterocycles. The van der Waals surface area contributed by atoms with E-state index in [0.717, 1.165) is 46.3 Å². The molecule has 0 unspecified atom stereocenters. The monoisotopic (exact) mass is 451 g/mol. The molecule has 168 valence electrons. The van der Waals surface area contributed by atoms with Crippen LogP contribution in [0.4, 0.5) is 5.69 Å². The highest BCUT2D eigenvalue weighted by Crippen LogP contribution is 2.37. The lowest BCUT2D eigenvalue weighted by Gasteiger charge is -2.23. The Bertz CT molecular complexity index is 1460. The van der Waals surface area contributed by atoms with E-state index in [1.807, 2.05) is 48.5 Å². The van der Waals surface area contributed by atoms with Crippen LogP contribution in [0.25, 0.3) is 33.6 Å². The number of amides is 1. The molecule has 34 heavy (non-hydrogen) atoms. The average molecular weight is 451 g/mol. The molecule has 0 bridgehead atoms. The van der Waals surface area contributed by atoms with Gasteiger partial charge in [-0.2, -0.15) is 5.26 Å². The van der Waals surface area contributed by atoms with Gasteiger partial charge < -0.3 is 19.2 Å². The third-order valence-corrected chi connectivity index (χ3v) is 6.30. The number of carbonyl (C=O) groups is 1. The van der Waals surface area contributed by atoms with E-state index in [9.17, 15) is 10.1 Å². The van der Waals surface area contributed by atoms with Gasteiger partial charge >= 0.3 is 0 Å². The Morgan fingerprint density at radius 2 is 1.91 bits per heavy atom. The lowest BCUT2D eigenvalue weighted by molar-refractivity contribution is -0.115. The highest BCUT2D eigenvalue weighted by Gasteiger charge is 2.21. The van der Waals surface area contributed by atoms with Crippen LogP contribution < -0.4 is 10.1 Å². The Morgan fingerprint density at radius 1 is 1.06 bits per heavy atom. The lowest BCUT2D eigenvalue weighted by atomic mass is 10.0. The van der Waals surface area contributed by atoms with Gasteiger partial charge in [-0.3, -0.25) is 9.78 Å². The van der Waals surface area contributed by atoms with Crippen molar-refractivity contribution in [3.05, 3.63) is 65.9 Å². The number of nitrogens with zero attached hydrogens (tertiary/aromatic N) is 2. The van der Waals surface area contributed by atoms with Crippen molar-refractivity contribution in [3.8, 4) is 34.3 Å². The quantitative estimate of drug-likeness (QED) is 0.464. The fourth-order valence-electron chi connectivity index (χ4n) is 4.55. The molecule has 1 fully saturated rings. The lowest BCUT2D eigenvalue weighted by Crippen LogP contribution is -2.26. The predicted molar refractivity (Wildman–Crippen MR) is 126 cm³/mol. The molecule has 7 heteroatoms. The number of carbonyl (C=O) groups excluding carboxylic acids is 1. The average Bonchev–Trinajstić information content (AvgIpc) is 3.47. The first-order valence-corrected chi connectivity index (χ1v) is 11.3.